The second-order valence-corrected chi connectivity index (χ2v) is 6.10. The number of benzene rings is 1. The molecule has 5 heteroatoms. The number of nitrogens with zero attached hydrogens (tertiary/aromatic N) is 1. The van der Waals surface area contributed by atoms with Crippen LogP contribution in [0.15, 0.2) is 18.2 Å². The van der Waals surface area contributed by atoms with Gasteiger partial charge in [-0.05, 0) is 43.9 Å². The van der Waals surface area contributed by atoms with Crippen LogP contribution in [0.1, 0.15) is 38.2 Å². The summed E-state index contributed by atoms with van der Waals surface area (Å²) in [5.41, 5.74) is 1.78. The van der Waals surface area contributed by atoms with Gasteiger partial charge in [0, 0.05) is 25.4 Å². The summed E-state index contributed by atoms with van der Waals surface area (Å²) in [7, 11) is 1.60. The molecule has 0 unspecified atom stereocenters. The van der Waals surface area contributed by atoms with E-state index in [0.717, 1.165) is 24.8 Å². The first-order valence-electron chi connectivity index (χ1n) is 8.28. The van der Waals surface area contributed by atoms with Gasteiger partial charge < -0.3 is 15.0 Å². The molecular formula is C18H26N2O3. The highest BCUT2D eigenvalue weighted by Crippen LogP contribution is 2.27. The maximum Gasteiger partial charge on any atom is 0.227 e. The summed E-state index contributed by atoms with van der Waals surface area (Å²) in [6.07, 6.45) is 2.90. The summed E-state index contributed by atoms with van der Waals surface area (Å²) in [5.74, 6) is 0.827. The second kappa shape index (κ2) is 7.99. The second-order valence-electron chi connectivity index (χ2n) is 6.10. The maximum absolute atomic E-state index is 12.5. The molecule has 126 valence electrons. The summed E-state index contributed by atoms with van der Waals surface area (Å²) in [6.45, 7) is 5.32. The minimum Gasteiger partial charge on any atom is -0.495 e. The zero-order valence-corrected chi connectivity index (χ0v) is 14.2. The Morgan fingerprint density at radius 1 is 1.30 bits per heavy atom. The van der Waals surface area contributed by atoms with E-state index in [4.69, 9.17) is 4.74 Å². The molecule has 0 bridgehead atoms. The van der Waals surface area contributed by atoms with Gasteiger partial charge in [-0.2, -0.15) is 0 Å². The van der Waals surface area contributed by atoms with E-state index < -0.39 is 0 Å². The number of hydrogen-bond donors (Lipinski definition) is 1. The Morgan fingerprint density at radius 2 is 2.00 bits per heavy atom. The lowest BCUT2D eigenvalue weighted by Crippen LogP contribution is -2.41. The van der Waals surface area contributed by atoms with Crippen molar-refractivity contribution in [3.63, 3.8) is 0 Å². The van der Waals surface area contributed by atoms with E-state index in [2.05, 4.69) is 5.32 Å². The Kier molecular flexibility index (Phi) is 6.02. The van der Waals surface area contributed by atoms with Gasteiger partial charge in [0.25, 0.3) is 0 Å². The highest BCUT2D eigenvalue weighted by Gasteiger charge is 2.27. The first-order chi connectivity index (χ1) is 11.0. The highest BCUT2D eigenvalue weighted by atomic mass is 16.5. The predicted molar refractivity (Wildman–Crippen MR) is 90.6 cm³/mol. The largest absolute Gasteiger partial charge is 0.495 e. The van der Waals surface area contributed by atoms with Crippen molar-refractivity contribution in [1.82, 2.24) is 4.90 Å². The molecule has 2 rings (SSSR count). The Balaban J connectivity index is 1.93. The fourth-order valence-corrected chi connectivity index (χ4v) is 2.92. The Hall–Kier alpha value is -2.04. The van der Waals surface area contributed by atoms with Crippen molar-refractivity contribution < 1.29 is 14.3 Å². The molecule has 1 aromatic rings. The molecule has 0 aliphatic carbocycles. The molecule has 1 heterocycles. The van der Waals surface area contributed by atoms with Gasteiger partial charge in [0.05, 0.1) is 12.8 Å². The van der Waals surface area contributed by atoms with Crippen LogP contribution < -0.4 is 10.1 Å². The lowest BCUT2D eigenvalue weighted by atomic mass is 9.95. The molecule has 1 saturated heterocycles. The van der Waals surface area contributed by atoms with Crippen LogP contribution in [0.5, 0.6) is 5.75 Å². The topological polar surface area (TPSA) is 58.6 Å². The van der Waals surface area contributed by atoms with Crippen LogP contribution in [0.3, 0.4) is 0 Å². The number of carbonyl (C=O) groups excluding carboxylic acids is 2. The SMILES string of the molecule is CCCC(=O)N1CCC(C(=O)Nc2cc(C)ccc2OC)CC1. The van der Waals surface area contributed by atoms with E-state index in [1.807, 2.05) is 36.9 Å². The fourth-order valence-electron chi connectivity index (χ4n) is 2.92. The molecular weight excluding hydrogens is 292 g/mol. The van der Waals surface area contributed by atoms with Crippen molar-refractivity contribution in [3.8, 4) is 5.75 Å². The summed E-state index contributed by atoms with van der Waals surface area (Å²) < 4.78 is 5.30. The first kappa shape index (κ1) is 17.3. The number of nitrogens with one attached hydrogen (secondary N) is 1. The monoisotopic (exact) mass is 318 g/mol. The Bertz CT molecular complexity index is 563. The minimum atomic E-state index is -0.0501. The zero-order valence-electron chi connectivity index (χ0n) is 14.2. The van der Waals surface area contributed by atoms with Gasteiger partial charge in [0.15, 0.2) is 0 Å². The van der Waals surface area contributed by atoms with Crippen molar-refractivity contribution >= 4 is 17.5 Å². The number of methoxy groups -OCH3 is 1. The maximum atomic E-state index is 12.5. The molecule has 1 fully saturated rings. The van der Waals surface area contributed by atoms with Crippen LogP contribution in [0.4, 0.5) is 5.69 Å². The van der Waals surface area contributed by atoms with Crippen LogP contribution in [0, 0.1) is 12.8 Å². The van der Waals surface area contributed by atoms with Crippen molar-refractivity contribution in [2.24, 2.45) is 5.92 Å². The fraction of sp³-hybridized carbons (Fsp3) is 0.556. The lowest BCUT2D eigenvalue weighted by molar-refractivity contribution is -0.134. The molecule has 0 atom stereocenters. The van der Waals surface area contributed by atoms with E-state index >= 15 is 0 Å². The molecule has 1 N–H and O–H groups in total. The molecule has 5 nitrogen and oxygen atoms in total. The minimum absolute atomic E-state index is 0.0106. The van der Waals surface area contributed by atoms with Gasteiger partial charge in [0.2, 0.25) is 11.8 Å². The smallest absolute Gasteiger partial charge is 0.227 e. The van der Waals surface area contributed by atoms with Crippen LogP contribution >= 0.6 is 0 Å². The van der Waals surface area contributed by atoms with Crippen LogP contribution in [0.25, 0.3) is 0 Å². The first-order valence-corrected chi connectivity index (χ1v) is 8.28. The summed E-state index contributed by atoms with van der Waals surface area (Å²) in [4.78, 5) is 26.3. The van der Waals surface area contributed by atoms with Crippen molar-refractivity contribution in [2.75, 3.05) is 25.5 Å². The average Bonchev–Trinajstić information content (AvgIpc) is 2.55. The number of amides is 2. The molecule has 23 heavy (non-hydrogen) atoms. The van der Waals surface area contributed by atoms with E-state index in [0.29, 0.717) is 30.9 Å². The number of ether oxygens (including phenoxy) is 1. The van der Waals surface area contributed by atoms with Gasteiger partial charge in [-0.3, -0.25) is 9.59 Å². The van der Waals surface area contributed by atoms with E-state index in [1.165, 1.54) is 0 Å². The molecule has 0 spiro atoms. The third kappa shape index (κ3) is 4.47. The summed E-state index contributed by atoms with van der Waals surface area (Å²) >= 11 is 0. The van der Waals surface area contributed by atoms with Crippen LogP contribution in [-0.4, -0.2) is 36.9 Å². The van der Waals surface area contributed by atoms with Gasteiger partial charge in [-0.1, -0.05) is 13.0 Å². The molecule has 0 aromatic heterocycles. The normalized spacial score (nSPS) is 15.3. The third-order valence-electron chi connectivity index (χ3n) is 4.30. The van der Waals surface area contributed by atoms with Crippen LogP contribution in [-0.2, 0) is 9.59 Å². The highest BCUT2D eigenvalue weighted by molar-refractivity contribution is 5.94. The molecule has 2 amide bonds. The molecule has 1 aromatic carbocycles. The van der Waals surface area contributed by atoms with Crippen molar-refractivity contribution in [1.29, 1.82) is 0 Å². The van der Waals surface area contributed by atoms with Gasteiger partial charge in [0.1, 0.15) is 5.75 Å². The molecule has 0 radical (unpaired) electrons. The molecule has 0 saturated carbocycles. The van der Waals surface area contributed by atoms with Crippen LogP contribution in [0.2, 0.25) is 0 Å². The van der Waals surface area contributed by atoms with Crippen molar-refractivity contribution in [2.45, 2.75) is 39.5 Å². The quantitative estimate of drug-likeness (QED) is 0.908. The van der Waals surface area contributed by atoms with Gasteiger partial charge >= 0.3 is 0 Å². The predicted octanol–water partition coefficient (Wildman–Crippen LogP) is 2.98. The number of piperidine rings is 1. The Morgan fingerprint density at radius 3 is 2.61 bits per heavy atom. The number of carbonyl (C=O) groups is 2. The summed E-state index contributed by atoms with van der Waals surface area (Å²) in [6, 6.07) is 5.72. The van der Waals surface area contributed by atoms with Gasteiger partial charge in [-0.25, -0.2) is 0 Å². The zero-order chi connectivity index (χ0) is 16.8. The number of hydrogen-bond acceptors (Lipinski definition) is 3. The number of likely N-dealkylation sites (tertiary alicyclic amines) is 1. The van der Waals surface area contributed by atoms with Crippen molar-refractivity contribution in [3.05, 3.63) is 23.8 Å². The van der Waals surface area contributed by atoms with E-state index in [-0.39, 0.29) is 17.7 Å². The van der Waals surface area contributed by atoms with E-state index in [1.54, 1.807) is 7.11 Å². The summed E-state index contributed by atoms with van der Waals surface area (Å²) in [5, 5.41) is 2.97. The third-order valence-corrected chi connectivity index (χ3v) is 4.30. The van der Waals surface area contributed by atoms with E-state index in [9.17, 15) is 9.59 Å². The molecule has 1 aliphatic rings. The lowest BCUT2D eigenvalue weighted by Gasteiger charge is -2.31. The molecule has 1 aliphatic heterocycles. The standard InChI is InChI=1S/C18H26N2O3/c1-4-5-17(21)20-10-8-14(9-11-20)18(22)19-15-12-13(2)6-7-16(15)23-3/h6-7,12,14H,4-5,8-11H2,1-3H3,(H,19,22). The number of anilines is 1. The number of rotatable bonds is 5. The Labute approximate surface area is 138 Å². The average molecular weight is 318 g/mol. The number of aryl methyl sites for hydroxylation is 1. The van der Waals surface area contributed by atoms with Gasteiger partial charge in [-0.15, -0.1) is 0 Å².